The molecule has 116 valence electrons. The van der Waals surface area contributed by atoms with Gasteiger partial charge in [-0.15, -0.1) is 0 Å². The second kappa shape index (κ2) is 7.80. The summed E-state index contributed by atoms with van der Waals surface area (Å²) in [4.78, 5) is 32.8. The first-order valence-corrected chi connectivity index (χ1v) is 7.77. The molecule has 0 aromatic heterocycles. The summed E-state index contributed by atoms with van der Waals surface area (Å²) in [6, 6.07) is -2.54. The summed E-state index contributed by atoms with van der Waals surface area (Å²) in [6.07, 6.45) is 0.144. The highest BCUT2D eigenvalue weighted by Crippen LogP contribution is 2.00. The minimum atomic E-state index is -3.27. The molecule has 0 heterocycles. The maximum atomic E-state index is 11.6. The summed E-state index contributed by atoms with van der Waals surface area (Å²) in [5, 5.41) is 19.4. The zero-order valence-corrected chi connectivity index (χ0v) is 11.7. The zero-order valence-electron chi connectivity index (χ0n) is 10.9. The number of hydrogen-bond donors (Lipinski definition) is 4. The van der Waals surface area contributed by atoms with Crippen molar-refractivity contribution in [3.63, 3.8) is 0 Å². The Morgan fingerprint density at radius 1 is 1.20 bits per heavy atom. The molecule has 0 aliphatic heterocycles. The van der Waals surface area contributed by atoms with Gasteiger partial charge in [0.05, 0.1) is 11.8 Å². The second-order valence-corrected chi connectivity index (χ2v) is 6.62. The molecule has 0 aromatic carbocycles. The number of aliphatic carboxylic acids is 2. The molecule has 1 amide bonds. The second-order valence-electron chi connectivity index (χ2n) is 4.36. The first kappa shape index (κ1) is 18.3. The number of nitrogens with two attached hydrogens (primary N) is 1. The monoisotopic (exact) mass is 310 g/mol. The van der Waals surface area contributed by atoms with Crippen molar-refractivity contribution < 1.29 is 33.0 Å². The van der Waals surface area contributed by atoms with Crippen LogP contribution in [-0.4, -0.2) is 60.6 Å². The molecular formula is C10H18N2O7S. The third kappa shape index (κ3) is 8.43. The number of hydrogen-bond acceptors (Lipinski definition) is 6. The van der Waals surface area contributed by atoms with E-state index in [1.54, 1.807) is 0 Å². The number of carboxylic acids is 2. The number of nitrogens with one attached hydrogen (secondary N) is 1. The minimum absolute atomic E-state index is 0.143. The fourth-order valence-electron chi connectivity index (χ4n) is 1.28. The lowest BCUT2D eigenvalue weighted by atomic mass is 10.1. The molecule has 2 atom stereocenters. The van der Waals surface area contributed by atoms with Crippen molar-refractivity contribution in [1.29, 1.82) is 0 Å². The first-order chi connectivity index (χ1) is 9.03. The van der Waals surface area contributed by atoms with Gasteiger partial charge in [-0.05, 0) is 12.8 Å². The molecule has 0 aliphatic carbocycles. The van der Waals surface area contributed by atoms with Crippen LogP contribution >= 0.6 is 0 Å². The van der Waals surface area contributed by atoms with Crippen molar-refractivity contribution in [2.75, 3.05) is 12.0 Å². The summed E-state index contributed by atoms with van der Waals surface area (Å²) in [7, 11) is -3.27. The Morgan fingerprint density at radius 2 is 1.75 bits per heavy atom. The van der Waals surface area contributed by atoms with Gasteiger partial charge in [0.15, 0.2) is 0 Å². The Bertz CT molecular complexity index is 474. The van der Waals surface area contributed by atoms with Crippen LogP contribution in [0.4, 0.5) is 0 Å². The lowest BCUT2D eigenvalue weighted by molar-refractivity contribution is -0.143. The standard InChI is InChI=1S/C10H18N2O7S/c1-20(18,19)5-4-6(11)9(15)12-7(10(16)17)2-3-8(13)14/h6-7H,2-5,11H2,1H3,(H,12,15)(H,13,14)(H,16,17). The molecule has 0 bridgehead atoms. The van der Waals surface area contributed by atoms with Gasteiger partial charge in [-0.3, -0.25) is 9.59 Å². The van der Waals surface area contributed by atoms with Gasteiger partial charge in [-0.25, -0.2) is 13.2 Å². The third-order valence-electron chi connectivity index (χ3n) is 2.40. The maximum Gasteiger partial charge on any atom is 0.326 e. The minimum Gasteiger partial charge on any atom is -0.481 e. The molecule has 20 heavy (non-hydrogen) atoms. The molecule has 0 aliphatic rings. The van der Waals surface area contributed by atoms with E-state index in [2.05, 4.69) is 5.32 Å². The highest BCUT2D eigenvalue weighted by molar-refractivity contribution is 7.90. The van der Waals surface area contributed by atoms with E-state index in [9.17, 15) is 22.8 Å². The van der Waals surface area contributed by atoms with Crippen LogP contribution < -0.4 is 11.1 Å². The molecule has 0 rings (SSSR count). The van der Waals surface area contributed by atoms with Gasteiger partial charge in [0.1, 0.15) is 15.9 Å². The number of sulfone groups is 1. The van der Waals surface area contributed by atoms with Crippen molar-refractivity contribution in [2.45, 2.75) is 31.3 Å². The number of carbonyl (C=O) groups is 3. The predicted octanol–water partition coefficient (Wildman–Crippen LogP) is -1.82. The Kier molecular flexibility index (Phi) is 7.14. The fraction of sp³-hybridized carbons (Fsp3) is 0.700. The fourth-order valence-corrected chi connectivity index (χ4v) is 1.96. The molecule has 0 saturated carbocycles. The number of rotatable bonds is 9. The van der Waals surface area contributed by atoms with Gasteiger partial charge in [-0.2, -0.15) is 0 Å². The van der Waals surface area contributed by atoms with Gasteiger partial charge in [0.2, 0.25) is 5.91 Å². The Balaban J connectivity index is 4.44. The van der Waals surface area contributed by atoms with Crippen molar-refractivity contribution in [1.82, 2.24) is 5.32 Å². The molecule has 0 aromatic rings. The van der Waals surface area contributed by atoms with Gasteiger partial charge in [-0.1, -0.05) is 0 Å². The molecule has 5 N–H and O–H groups in total. The highest BCUT2D eigenvalue weighted by Gasteiger charge is 2.24. The van der Waals surface area contributed by atoms with Crippen LogP contribution in [0.3, 0.4) is 0 Å². The molecule has 0 saturated heterocycles. The molecule has 2 unspecified atom stereocenters. The topological polar surface area (TPSA) is 164 Å². The number of amides is 1. The zero-order chi connectivity index (χ0) is 15.9. The lowest BCUT2D eigenvalue weighted by Crippen LogP contribution is -2.49. The third-order valence-corrected chi connectivity index (χ3v) is 3.38. The van der Waals surface area contributed by atoms with Gasteiger partial charge < -0.3 is 21.3 Å². The SMILES string of the molecule is CS(=O)(=O)CCC(N)C(=O)NC(CCC(=O)O)C(=O)O. The van der Waals surface area contributed by atoms with Crippen LogP contribution in [0.2, 0.25) is 0 Å². The van der Waals surface area contributed by atoms with Crippen LogP contribution in [-0.2, 0) is 24.2 Å². The number of carboxylic acid groups (broad SMARTS) is 2. The average Bonchev–Trinajstić information content (AvgIpc) is 2.29. The van der Waals surface area contributed by atoms with E-state index in [0.717, 1.165) is 6.26 Å². The molecule has 0 radical (unpaired) electrons. The Labute approximate surface area is 116 Å². The van der Waals surface area contributed by atoms with Crippen LogP contribution in [0.1, 0.15) is 19.3 Å². The molecular weight excluding hydrogens is 292 g/mol. The van der Waals surface area contributed by atoms with Gasteiger partial charge in [0, 0.05) is 12.7 Å². The number of carbonyl (C=O) groups excluding carboxylic acids is 1. The van der Waals surface area contributed by atoms with Crippen molar-refractivity contribution in [3.8, 4) is 0 Å². The Morgan fingerprint density at radius 3 is 2.15 bits per heavy atom. The molecule has 9 nitrogen and oxygen atoms in total. The van der Waals surface area contributed by atoms with E-state index in [4.69, 9.17) is 15.9 Å². The van der Waals surface area contributed by atoms with E-state index in [1.165, 1.54) is 0 Å². The predicted molar refractivity (Wildman–Crippen MR) is 68.7 cm³/mol. The van der Waals surface area contributed by atoms with Crippen molar-refractivity contribution in [2.24, 2.45) is 5.73 Å². The van der Waals surface area contributed by atoms with Gasteiger partial charge in [0.25, 0.3) is 0 Å². The van der Waals surface area contributed by atoms with E-state index >= 15 is 0 Å². The van der Waals surface area contributed by atoms with Crippen LogP contribution in [0.25, 0.3) is 0 Å². The van der Waals surface area contributed by atoms with Crippen LogP contribution in [0.15, 0.2) is 0 Å². The summed E-state index contributed by atoms with van der Waals surface area (Å²) in [5.74, 6) is -3.69. The Hall–Kier alpha value is -1.68. The van der Waals surface area contributed by atoms with Crippen LogP contribution in [0.5, 0.6) is 0 Å². The largest absolute Gasteiger partial charge is 0.481 e. The maximum absolute atomic E-state index is 11.6. The summed E-state index contributed by atoms with van der Waals surface area (Å²) >= 11 is 0. The summed E-state index contributed by atoms with van der Waals surface area (Å²) in [6.45, 7) is 0. The molecule has 10 heteroatoms. The smallest absolute Gasteiger partial charge is 0.326 e. The van der Waals surface area contributed by atoms with Crippen molar-refractivity contribution >= 4 is 27.7 Å². The lowest BCUT2D eigenvalue weighted by Gasteiger charge is -2.17. The average molecular weight is 310 g/mol. The molecule has 0 spiro atoms. The summed E-state index contributed by atoms with van der Waals surface area (Å²) in [5.41, 5.74) is 5.44. The normalized spacial score (nSPS) is 14.3. The first-order valence-electron chi connectivity index (χ1n) is 5.71. The van der Waals surface area contributed by atoms with Crippen molar-refractivity contribution in [3.05, 3.63) is 0 Å². The van der Waals surface area contributed by atoms with Crippen LogP contribution in [0, 0.1) is 0 Å². The van der Waals surface area contributed by atoms with E-state index in [1.807, 2.05) is 0 Å². The molecule has 0 fully saturated rings. The van der Waals surface area contributed by atoms with E-state index in [-0.39, 0.29) is 18.6 Å². The van der Waals surface area contributed by atoms with E-state index in [0.29, 0.717) is 0 Å². The van der Waals surface area contributed by atoms with Gasteiger partial charge >= 0.3 is 11.9 Å². The quantitative estimate of drug-likeness (QED) is 0.386. The van der Waals surface area contributed by atoms with E-state index < -0.39 is 46.2 Å². The highest BCUT2D eigenvalue weighted by atomic mass is 32.2. The summed E-state index contributed by atoms with van der Waals surface area (Å²) < 4.78 is 21.8.